The van der Waals surface area contributed by atoms with Gasteiger partial charge in [-0.3, -0.25) is 44.0 Å². The third kappa shape index (κ3) is 8.06. The number of nitrogens with zero attached hydrogens (tertiary/aromatic N) is 5. The van der Waals surface area contributed by atoms with Crippen LogP contribution in [0.3, 0.4) is 0 Å². The van der Waals surface area contributed by atoms with Crippen molar-refractivity contribution in [3.05, 3.63) is 74.7 Å². The van der Waals surface area contributed by atoms with Crippen molar-refractivity contribution in [3.8, 4) is 28.4 Å². The Kier molecular flexibility index (Phi) is 11.8. The molecule has 1 atom stereocenters. The summed E-state index contributed by atoms with van der Waals surface area (Å²) in [5, 5.41) is 4.92. The SMILES string of the molecule is CNC(=O)N1CCc2c(-c3cc(OC)c(CN4CCC(C(C)(C)N5CCC6(CC5)CC(Oc5ccc7c(c5)C(=O)N(C5CCC(=O)NC5=O)C7=O)C6)CC4)c(OC)c3)cn(C)c(=O)c2C1. The van der Waals surface area contributed by atoms with E-state index < -0.39 is 29.7 Å². The number of urea groups is 1. The predicted octanol–water partition coefficient (Wildman–Crippen LogP) is 4.48. The first kappa shape index (κ1) is 44.5. The van der Waals surface area contributed by atoms with Crippen molar-refractivity contribution >= 4 is 29.7 Å². The van der Waals surface area contributed by atoms with Crippen LogP contribution >= 0.6 is 0 Å². The van der Waals surface area contributed by atoms with Gasteiger partial charge in [-0.05, 0) is 144 Å². The molecule has 0 radical (unpaired) electrons. The molecular formula is C49H61N7O9. The van der Waals surface area contributed by atoms with Crippen LogP contribution in [0.1, 0.15) is 103 Å². The lowest BCUT2D eigenvalue weighted by molar-refractivity contribution is -0.136. The highest BCUT2D eigenvalue weighted by atomic mass is 16.5. The van der Waals surface area contributed by atoms with Crippen LogP contribution in [0.15, 0.2) is 41.3 Å². The van der Waals surface area contributed by atoms with Gasteiger partial charge in [0.2, 0.25) is 11.8 Å². The molecule has 2 N–H and O–H groups in total. The molecule has 3 saturated heterocycles. The zero-order valence-corrected chi connectivity index (χ0v) is 38.4. The van der Waals surface area contributed by atoms with Gasteiger partial charge in [-0.1, -0.05) is 0 Å². The van der Waals surface area contributed by atoms with E-state index in [1.54, 1.807) is 56.0 Å². The van der Waals surface area contributed by atoms with Gasteiger partial charge in [-0.15, -0.1) is 0 Å². The molecule has 346 valence electrons. The van der Waals surface area contributed by atoms with Crippen LogP contribution in [0.5, 0.6) is 17.2 Å². The monoisotopic (exact) mass is 891 g/mol. The van der Waals surface area contributed by atoms with E-state index in [-0.39, 0.29) is 59.2 Å². The minimum absolute atomic E-state index is 0.0329. The Hall–Kier alpha value is -5.74. The number of benzene rings is 2. The molecule has 3 aromatic rings. The van der Waals surface area contributed by atoms with Crippen molar-refractivity contribution in [1.82, 2.24) is 34.8 Å². The Balaban J connectivity index is 0.782. The Bertz CT molecular complexity index is 2470. The lowest BCUT2D eigenvalue weighted by Crippen LogP contribution is -2.58. The summed E-state index contributed by atoms with van der Waals surface area (Å²) < 4.78 is 20.0. The lowest BCUT2D eigenvalue weighted by atomic mass is 9.61. The molecule has 4 fully saturated rings. The number of pyridine rings is 1. The number of imide groups is 2. The van der Waals surface area contributed by atoms with Crippen LogP contribution in [0.25, 0.3) is 11.1 Å². The van der Waals surface area contributed by atoms with Gasteiger partial charge in [0.1, 0.15) is 23.3 Å². The van der Waals surface area contributed by atoms with Crippen molar-refractivity contribution in [3.63, 3.8) is 0 Å². The normalized spacial score (nSPS) is 21.8. The fourth-order valence-corrected chi connectivity index (χ4v) is 11.6. The molecule has 1 spiro atoms. The largest absolute Gasteiger partial charge is 0.496 e. The van der Waals surface area contributed by atoms with Crippen molar-refractivity contribution in [1.29, 1.82) is 0 Å². The molecule has 16 heteroatoms. The summed E-state index contributed by atoms with van der Waals surface area (Å²) >= 11 is 0. The lowest BCUT2D eigenvalue weighted by Gasteiger charge is -2.56. The van der Waals surface area contributed by atoms with Gasteiger partial charge in [-0.2, -0.15) is 0 Å². The molecule has 0 bridgehead atoms. The van der Waals surface area contributed by atoms with Gasteiger partial charge in [0.25, 0.3) is 17.4 Å². The van der Waals surface area contributed by atoms with Gasteiger partial charge < -0.3 is 29.0 Å². The number of rotatable bonds is 10. The number of carbonyl (C=O) groups excluding carboxylic acids is 5. The molecule has 6 aliphatic rings. The first-order valence-electron chi connectivity index (χ1n) is 23.1. The van der Waals surface area contributed by atoms with E-state index in [0.29, 0.717) is 36.7 Å². The van der Waals surface area contributed by atoms with E-state index in [1.165, 1.54) is 0 Å². The summed E-state index contributed by atoms with van der Waals surface area (Å²) in [6.45, 7) is 10.3. The average Bonchev–Trinajstić information content (AvgIpc) is 3.54. The molecule has 6 heterocycles. The molecule has 1 saturated carbocycles. The number of hydrogen-bond donors (Lipinski definition) is 2. The van der Waals surface area contributed by atoms with Crippen molar-refractivity contribution in [2.45, 2.75) is 102 Å². The molecule has 16 nitrogen and oxygen atoms in total. The summed E-state index contributed by atoms with van der Waals surface area (Å²) in [6.07, 6.45) is 8.98. The smallest absolute Gasteiger partial charge is 0.317 e. The summed E-state index contributed by atoms with van der Waals surface area (Å²) in [6, 6.07) is 7.88. The van der Waals surface area contributed by atoms with E-state index in [1.807, 2.05) is 6.20 Å². The zero-order chi connectivity index (χ0) is 45.9. The second-order valence-corrected chi connectivity index (χ2v) is 19.5. The van der Waals surface area contributed by atoms with E-state index in [2.05, 4.69) is 46.4 Å². The molecule has 1 aromatic heterocycles. The van der Waals surface area contributed by atoms with Crippen LogP contribution < -0.4 is 30.4 Å². The molecular weight excluding hydrogens is 831 g/mol. The van der Waals surface area contributed by atoms with Gasteiger partial charge in [0.15, 0.2) is 0 Å². The Morgan fingerprint density at radius 2 is 1.52 bits per heavy atom. The average molecular weight is 892 g/mol. The van der Waals surface area contributed by atoms with Crippen LogP contribution in [0, 0.1) is 11.3 Å². The second kappa shape index (κ2) is 17.2. The van der Waals surface area contributed by atoms with Crippen molar-refractivity contribution < 1.29 is 38.2 Å². The Morgan fingerprint density at radius 1 is 0.846 bits per heavy atom. The topological polar surface area (TPSA) is 172 Å². The third-order valence-corrected chi connectivity index (χ3v) is 15.6. The van der Waals surface area contributed by atoms with Gasteiger partial charge >= 0.3 is 6.03 Å². The molecule has 2 aromatic carbocycles. The molecule has 9 rings (SSSR count). The minimum atomic E-state index is -0.995. The van der Waals surface area contributed by atoms with E-state index in [4.69, 9.17) is 14.2 Å². The maximum atomic E-state index is 13.3. The highest BCUT2D eigenvalue weighted by Crippen LogP contribution is 2.52. The number of fused-ring (bicyclic) bond motifs is 2. The number of carbonyl (C=O) groups is 5. The Labute approximate surface area is 379 Å². The number of aromatic nitrogens is 1. The maximum absolute atomic E-state index is 13.3. The van der Waals surface area contributed by atoms with Crippen molar-refractivity contribution in [2.75, 3.05) is 54.0 Å². The molecule has 1 aliphatic carbocycles. The highest BCUT2D eigenvalue weighted by Gasteiger charge is 2.50. The highest BCUT2D eigenvalue weighted by molar-refractivity contribution is 6.23. The van der Waals surface area contributed by atoms with E-state index in [9.17, 15) is 28.8 Å². The van der Waals surface area contributed by atoms with Crippen LogP contribution in [-0.2, 0) is 36.1 Å². The first-order chi connectivity index (χ1) is 31.1. The number of methoxy groups -OCH3 is 2. The van der Waals surface area contributed by atoms with Crippen LogP contribution in [0.4, 0.5) is 4.79 Å². The molecule has 5 aliphatic heterocycles. The fraction of sp³-hybridized carbons (Fsp3) is 0.551. The summed E-state index contributed by atoms with van der Waals surface area (Å²) in [5.74, 6) is 0.518. The zero-order valence-electron chi connectivity index (χ0n) is 38.4. The Morgan fingerprint density at radius 3 is 2.17 bits per heavy atom. The van der Waals surface area contributed by atoms with Gasteiger partial charge in [0, 0.05) is 56.5 Å². The molecule has 65 heavy (non-hydrogen) atoms. The standard InChI is InChI=1S/C49H61N7O9/c1-48(2,55-19-14-49(15-20-55)24-32(25-49)65-31-7-8-34-35(23-31)46(61)56(45(34)60)39-9-10-42(57)51-43(39)58)30-11-16-53(17-12-30)27-38-40(63-5)21-29(22-41(38)64-6)36-26-52(4)44(59)37-28-54(47(62)50-3)18-13-33(36)37/h7-8,21-23,26,30,32,39H,9-20,24-25,27-28H2,1-6H3,(H,50,62)(H,51,57,58). The number of likely N-dealkylation sites (tertiary alicyclic amines) is 2. The van der Waals surface area contributed by atoms with Gasteiger partial charge in [0.05, 0.1) is 43.6 Å². The molecule has 6 amide bonds. The number of ether oxygens (including phenoxy) is 3. The number of aryl methyl sites for hydroxylation is 1. The summed E-state index contributed by atoms with van der Waals surface area (Å²) in [5.41, 5.74) is 5.12. The van der Waals surface area contributed by atoms with Gasteiger partial charge in [-0.25, -0.2) is 4.79 Å². The number of amides is 6. The number of hydrogen-bond acceptors (Lipinski definition) is 11. The van der Waals surface area contributed by atoms with Crippen LogP contribution in [-0.4, -0.2) is 126 Å². The molecule has 1 unspecified atom stereocenters. The first-order valence-corrected chi connectivity index (χ1v) is 23.1. The second-order valence-electron chi connectivity index (χ2n) is 19.5. The van der Waals surface area contributed by atoms with Crippen LogP contribution in [0.2, 0.25) is 0 Å². The predicted molar refractivity (Wildman–Crippen MR) is 241 cm³/mol. The number of piperidine rings is 3. The third-order valence-electron chi connectivity index (χ3n) is 15.6. The maximum Gasteiger partial charge on any atom is 0.317 e. The minimum Gasteiger partial charge on any atom is -0.496 e. The fourth-order valence-electron chi connectivity index (χ4n) is 11.6. The number of nitrogens with one attached hydrogen (secondary N) is 2. The van der Waals surface area contributed by atoms with Crippen molar-refractivity contribution in [2.24, 2.45) is 18.4 Å². The summed E-state index contributed by atoms with van der Waals surface area (Å²) in [7, 11) is 6.73. The quantitative estimate of drug-likeness (QED) is 0.275. The van der Waals surface area contributed by atoms with E-state index in [0.717, 1.165) is 103 Å². The van der Waals surface area contributed by atoms with E-state index >= 15 is 0 Å². The summed E-state index contributed by atoms with van der Waals surface area (Å²) in [4.78, 5) is 84.2.